The fraction of sp³-hybridized carbons (Fsp3) is 0.476. The van der Waals surface area contributed by atoms with Gasteiger partial charge in [-0.3, -0.25) is 0 Å². The van der Waals surface area contributed by atoms with Crippen LogP contribution in [0.2, 0.25) is 0 Å². The van der Waals surface area contributed by atoms with E-state index in [1.807, 2.05) is 24.3 Å². The summed E-state index contributed by atoms with van der Waals surface area (Å²) >= 11 is 7.87. The van der Waals surface area contributed by atoms with E-state index in [9.17, 15) is 9.90 Å². The van der Waals surface area contributed by atoms with E-state index in [2.05, 4.69) is 17.4 Å². The monoisotopic (exact) mass is 407 g/mol. The maximum Gasteiger partial charge on any atom is 0.345 e. The van der Waals surface area contributed by atoms with E-state index in [0.29, 0.717) is 11.3 Å². The molecular formula is C21H26ClNO3S. The van der Waals surface area contributed by atoms with Gasteiger partial charge in [0.05, 0.1) is 6.10 Å². The van der Waals surface area contributed by atoms with Gasteiger partial charge < -0.3 is 15.5 Å². The number of hydrogen-bond donors (Lipinski definition) is 3. The molecule has 3 rings (SSSR count). The molecule has 1 heterocycles. The lowest BCUT2D eigenvalue weighted by Gasteiger charge is -2.24. The lowest BCUT2D eigenvalue weighted by molar-refractivity contribution is 0.0702. The summed E-state index contributed by atoms with van der Waals surface area (Å²) in [5, 5.41) is 22.9. The van der Waals surface area contributed by atoms with E-state index in [1.54, 1.807) is 6.07 Å². The first-order valence-corrected chi connectivity index (χ1v) is 10.7. The van der Waals surface area contributed by atoms with Crippen LogP contribution in [0.5, 0.6) is 0 Å². The number of thiophene rings is 1. The normalized spacial score (nSPS) is 25.0. The topological polar surface area (TPSA) is 69.6 Å². The predicted octanol–water partition coefficient (Wildman–Crippen LogP) is 4.16. The highest BCUT2D eigenvalue weighted by atomic mass is 35.5. The number of carbonyl (C=O) groups is 1. The first-order chi connectivity index (χ1) is 13.0. The zero-order chi connectivity index (χ0) is 19.2. The fourth-order valence-corrected chi connectivity index (χ4v) is 5.32. The van der Waals surface area contributed by atoms with E-state index >= 15 is 0 Å². The van der Waals surface area contributed by atoms with Crippen LogP contribution in [0.1, 0.15) is 39.4 Å². The SMILES string of the molecule is O=C(O)c1ccc(CCC[C@@H]2[C@@H](CNCc3ccccc3)[C@H](O)C[C@H]2Cl)s1. The number of rotatable bonds is 9. The van der Waals surface area contributed by atoms with Gasteiger partial charge in [0.25, 0.3) is 0 Å². The van der Waals surface area contributed by atoms with Crippen LogP contribution in [0, 0.1) is 11.8 Å². The van der Waals surface area contributed by atoms with Crippen molar-refractivity contribution < 1.29 is 15.0 Å². The Morgan fingerprint density at radius 2 is 1.96 bits per heavy atom. The van der Waals surface area contributed by atoms with Gasteiger partial charge in [-0.15, -0.1) is 22.9 Å². The van der Waals surface area contributed by atoms with E-state index in [-0.39, 0.29) is 23.3 Å². The Kier molecular flexibility index (Phi) is 7.30. The molecular weight excluding hydrogens is 382 g/mol. The van der Waals surface area contributed by atoms with Gasteiger partial charge in [0.1, 0.15) is 4.88 Å². The number of aryl methyl sites for hydroxylation is 1. The van der Waals surface area contributed by atoms with Gasteiger partial charge in [-0.1, -0.05) is 30.3 Å². The number of aliphatic hydroxyl groups excluding tert-OH is 1. The van der Waals surface area contributed by atoms with Gasteiger partial charge in [0, 0.05) is 29.3 Å². The third kappa shape index (κ3) is 5.55. The highest BCUT2D eigenvalue weighted by Crippen LogP contribution is 2.39. The number of carboxylic acids is 1. The summed E-state index contributed by atoms with van der Waals surface area (Å²) in [7, 11) is 0. The molecule has 0 saturated heterocycles. The van der Waals surface area contributed by atoms with Gasteiger partial charge >= 0.3 is 5.97 Å². The minimum atomic E-state index is -0.865. The summed E-state index contributed by atoms with van der Waals surface area (Å²) in [5.41, 5.74) is 1.23. The average molecular weight is 408 g/mol. The fourth-order valence-electron chi connectivity index (χ4n) is 3.93. The van der Waals surface area contributed by atoms with Crippen molar-refractivity contribution in [2.75, 3.05) is 6.54 Å². The van der Waals surface area contributed by atoms with Crippen LogP contribution in [0.4, 0.5) is 0 Å². The largest absolute Gasteiger partial charge is 0.477 e. The highest BCUT2D eigenvalue weighted by molar-refractivity contribution is 7.13. The molecule has 0 unspecified atom stereocenters. The second kappa shape index (κ2) is 9.69. The van der Waals surface area contributed by atoms with Crippen LogP contribution >= 0.6 is 22.9 Å². The maximum atomic E-state index is 11.0. The molecule has 6 heteroatoms. The first kappa shape index (κ1) is 20.3. The van der Waals surface area contributed by atoms with Crippen LogP contribution in [-0.4, -0.2) is 34.2 Å². The number of carboxylic acid groups (broad SMARTS) is 1. The standard InChI is InChI=1S/C21H26ClNO3S/c22-18-11-19(24)17(13-23-12-14-5-2-1-3-6-14)16(18)8-4-7-15-9-10-20(27-15)21(25)26/h1-3,5-6,9-10,16-19,23-24H,4,7-8,11-13H2,(H,25,26)/t16-,17-,18-,19-/m1/s1. The number of hydrogen-bond acceptors (Lipinski definition) is 4. The molecule has 1 saturated carbocycles. The molecule has 1 aromatic carbocycles. The Hall–Kier alpha value is -1.40. The van der Waals surface area contributed by atoms with Crippen LogP contribution in [0.3, 0.4) is 0 Å². The molecule has 4 atom stereocenters. The maximum absolute atomic E-state index is 11.0. The molecule has 2 aromatic rings. The molecule has 1 aliphatic carbocycles. The Labute approximate surface area is 169 Å². The van der Waals surface area contributed by atoms with Gasteiger partial charge in [-0.2, -0.15) is 0 Å². The third-order valence-corrected chi connectivity index (χ3v) is 7.00. The van der Waals surface area contributed by atoms with Crippen molar-refractivity contribution in [2.45, 2.75) is 43.7 Å². The van der Waals surface area contributed by atoms with Crippen molar-refractivity contribution in [3.63, 3.8) is 0 Å². The van der Waals surface area contributed by atoms with Gasteiger partial charge in [0.15, 0.2) is 0 Å². The molecule has 0 aliphatic heterocycles. The van der Waals surface area contributed by atoms with Crippen molar-refractivity contribution in [1.82, 2.24) is 5.32 Å². The van der Waals surface area contributed by atoms with E-state index in [4.69, 9.17) is 16.7 Å². The molecule has 0 bridgehead atoms. The smallest absolute Gasteiger partial charge is 0.345 e. The Balaban J connectivity index is 1.48. The van der Waals surface area contributed by atoms with Crippen LogP contribution < -0.4 is 5.32 Å². The predicted molar refractivity (Wildman–Crippen MR) is 110 cm³/mol. The van der Waals surface area contributed by atoms with Crippen molar-refractivity contribution in [1.29, 1.82) is 0 Å². The number of benzene rings is 1. The summed E-state index contributed by atoms with van der Waals surface area (Å²) < 4.78 is 0. The van der Waals surface area contributed by atoms with Crippen molar-refractivity contribution in [2.24, 2.45) is 11.8 Å². The van der Waals surface area contributed by atoms with Crippen LogP contribution in [0.15, 0.2) is 42.5 Å². The minimum Gasteiger partial charge on any atom is -0.477 e. The van der Waals surface area contributed by atoms with Crippen molar-refractivity contribution in [3.8, 4) is 0 Å². The molecule has 4 nitrogen and oxygen atoms in total. The Morgan fingerprint density at radius 1 is 1.19 bits per heavy atom. The second-order valence-corrected chi connectivity index (χ2v) is 8.96. The zero-order valence-electron chi connectivity index (χ0n) is 15.2. The quantitative estimate of drug-likeness (QED) is 0.546. The van der Waals surface area contributed by atoms with Crippen molar-refractivity contribution in [3.05, 3.63) is 57.8 Å². The van der Waals surface area contributed by atoms with Gasteiger partial charge in [-0.25, -0.2) is 4.79 Å². The van der Waals surface area contributed by atoms with E-state index in [1.165, 1.54) is 16.9 Å². The summed E-state index contributed by atoms with van der Waals surface area (Å²) in [6.07, 6.45) is 3.05. The molecule has 27 heavy (non-hydrogen) atoms. The summed E-state index contributed by atoms with van der Waals surface area (Å²) in [5.74, 6) is -0.423. The summed E-state index contributed by atoms with van der Waals surface area (Å²) in [6.45, 7) is 1.54. The summed E-state index contributed by atoms with van der Waals surface area (Å²) in [4.78, 5) is 12.5. The van der Waals surface area contributed by atoms with Gasteiger partial charge in [0.2, 0.25) is 0 Å². The lowest BCUT2D eigenvalue weighted by atomic mass is 9.89. The molecule has 1 aliphatic rings. The average Bonchev–Trinajstić information content (AvgIpc) is 3.22. The van der Waals surface area contributed by atoms with Crippen LogP contribution in [-0.2, 0) is 13.0 Å². The molecule has 3 N–H and O–H groups in total. The van der Waals surface area contributed by atoms with Crippen molar-refractivity contribution >= 4 is 28.9 Å². The number of aromatic carboxylic acids is 1. The zero-order valence-corrected chi connectivity index (χ0v) is 16.8. The van der Waals surface area contributed by atoms with Crippen LogP contribution in [0.25, 0.3) is 0 Å². The lowest BCUT2D eigenvalue weighted by Crippen LogP contribution is -2.32. The highest BCUT2D eigenvalue weighted by Gasteiger charge is 2.40. The van der Waals surface area contributed by atoms with Gasteiger partial charge in [-0.05, 0) is 49.3 Å². The molecule has 146 valence electrons. The molecule has 1 fully saturated rings. The number of halogens is 1. The number of alkyl halides is 1. The minimum absolute atomic E-state index is 0.00133. The third-order valence-electron chi connectivity index (χ3n) is 5.36. The first-order valence-electron chi connectivity index (χ1n) is 9.43. The molecule has 0 radical (unpaired) electrons. The Bertz CT molecular complexity index is 736. The second-order valence-electron chi connectivity index (χ2n) is 7.23. The number of nitrogens with one attached hydrogen (secondary N) is 1. The molecule has 1 aromatic heterocycles. The molecule has 0 amide bonds. The van der Waals surface area contributed by atoms with E-state index in [0.717, 1.165) is 37.2 Å². The summed E-state index contributed by atoms with van der Waals surface area (Å²) in [6, 6.07) is 13.8. The Morgan fingerprint density at radius 3 is 2.67 bits per heavy atom. The molecule has 0 spiro atoms. The van der Waals surface area contributed by atoms with E-state index < -0.39 is 5.97 Å². The number of aliphatic hydroxyl groups is 1.